The van der Waals surface area contributed by atoms with Crippen LogP contribution in [0.4, 0.5) is 0 Å². The van der Waals surface area contributed by atoms with E-state index in [2.05, 4.69) is 39.4 Å². The molecule has 158 valence electrons. The van der Waals surface area contributed by atoms with Crippen LogP contribution in [0, 0.1) is 13.8 Å². The second-order valence-electron chi connectivity index (χ2n) is 7.82. The normalized spacial score (nSPS) is 15.6. The molecule has 7 heteroatoms. The van der Waals surface area contributed by atoms with Crippen molar-refractivity contribution in [3.63, 3.8) is 0 Å². The van der Waals surface area contributed by atoms with Crippen molar-refractivity contribution in [3.8, 4) is 0 Å². The molecular formula is C22H33N5O2. The Hall–Kier alpha value is -2.22. The van der Waals surface area contributed by atoms with Gasteiger partial charge >= 0.3 is 0 Å². The summed E-state index contributed by atoms with van der Waals surface area (Å²) < 4.78 is 7.07. The fourth-order valence-corrected chi connectivity index (χ4v) is 3.68. The smallest absolute Gasteiger partial charge is 0.251 e. The summed E-state index contributed by atoms with van der Waals surface area (Å²) in [5.41, 5.74) is 5.02. The van der Waals surface area contributed by atoms with Crippen LogP contribution in [0.3, 0.4) is 0 Å². The van der Waals surface area contributed by atoms with Crippen LogP contribution < -0.4 is 5.32 Å². The van der Waals surface area contributed by atoms with E-state index in [0.29, 0.717) is 25.3 Å². The van der Waals surface area contributed by atoms with E-state index in [4.69, 9.17) is 4.74 Å². The predicted molar refractivity (Wildman–Crippen MR) is 114 cm³/mol. The number of amides is 1. The van der Waals surface area contributed by atoms with Gasteiger partial charge in [-0.3, -0.25) is 14.4 Å². The summed E-state index contributed by atoms with van der Waals surface area (Å²) in [6.07, 6.45) is 0. The van der Waals surface area contributed by atoms with Crippen molar-refractivity contribution in [1.82, 2.24) is 24.9 Å². The van der Waals surface area contributed by atoms with Crippen molar-refractivity contribution >= 4 is 5.91 Å². The number of rotatable bonds is 8. The number of nitrogens with one attached hydrogen (secondary N) is 1. The van der Waals surface area contributed by atoms with Gasteiger partial charge in [-0.2, -0.15) is 5.10 Å². The Labute approximate surface area is 173 Å². The summed E-state index contributed by atoms with van der Waals surface area (Å²) >= 11 is 0. The maximum Gasteiger partial charge on any atom is 0.251 e. The van der Waals surface area contributed by atoms with Gasteiger partial charge in [0.1, 0.15) is 0 Å². The van der Waals surface area contributed by atoms with E-state index >= 15 is 0 Å². The molecule has 2 heterocycles. The topological polar surface area (TPSA) is 62.6 Å². The predicted octanol–water partition coefficient (Wildman–Crippen LogP) is 1.82. The number of nitrogens with zero attached hydrogens (tertiary/aromatic N) is 4. The van der Waals surface area contributed by atoms with Crippen LogP contribution >= 0.6 is 0 Å². The van der Waals surface area contributed by atoms with Crippen molar-refractivity contribution in [2.24, 2.45) is 0 Å². The number of hydrogen-bond donors (Lipinski definition) is 1. The van der Waals surface area contributed by atoms with Gasteiger partial charge in [-0.05, 0) is 38.6 Å². The average Bonchev–Trinajstić information content (AvgIpc) is 2.99. The van der Waals surface area contributed by atoms with Gasteiger partial charge in [-0.1, -0.05) is 12.1 Å². The largest absolute Gasteiger partial charge is 0.383 e. The quantitative estimate of drug-likeness (QED) is 0.734. The van der Waals surface area contributed by atoms with Gasteiger partial charge in [0.2, 0.25) is 0 Å². The Bertz CT molecular complexity index is 807. The highest BCUT2D eigenvalue weighted by molar-refractivity contribution is 5.94. The minimum atomic E-state index is -0.0559. The molecule has 1 fully saturated rings. The third-order valence-electron chi connectivity index (χ3n) is 5.68. The highest BCUT2D eigenvalue weighted by Gasteiger charge is 2.15. The SMILES string of the molecule is COCCn1nc(C)c(CNC(=O)c2ccc(CN3CCN(C)CC3)cc2)c1C. The summed E-state index contributed by atoms with van der Waals surface area (Å²) in [6, 6.07) is 7.96. The minimum absolute atomic E-state index is 0.0559. The molecule has 1 N–H and O–H groups in total. The van der Waals surface area contributed by atoms with Crippen LogP contribution in [-0.4, -0.2) is 72.4 Å². The van der Waals surface area contributed by atoms with E-state index in [1.807, 2.05) is 30.7 Å². The molecular weight excluding hydrogens is 366 g/mol. The standard InChI is InChI=1S/C22H33N5O2/c1-17-21(18(2)27(24-17)13-14-29-4)15-23-22(28)20-7-5-19(6-8-20)16-26-11-9-25(3)10-12-26/h5-8H,9-16H2,1-4H3,(H,23,28). The van der Waals surface area contributed by atoms with Crippen LogP contribution in [0.15, 0.2) is 24.3 Å². The first-order chi connectivity index (χ1) is 14.0. The first kappa shape index (κ1) is 21.5. The highest BCUT2D eigenvalue weighted by Crippen LogP contribution is 2.14. The van der Waals surface area contributed by atoms with Crippen LogP contribution in [0.5, 0.6) is 0 Å². The number of aryl methyl sites for hydroxylation is 1. The number of ether oxygens (including phenoxy) is 1. The first-order valence-corrected chi connectivity index (χ1v) is 10.3. The van der Waals surface area contributed by atoms with Gasteiger partial charge in [0, 0.05) is 63.2 Å². The van der Waals surface area contributed by atoms with E-state index in [9.17, 15) is 4.79 Å². The van der Waals surface area contributed by atoms with Crippen molar-refractivity contribution in [2.45, 2.75) is 33.5 Å². The third-order valence-corrected chi connectivity index (χ3v) is 5.68. The maximum absolute atomic E-state index is 12.6. The Morgan fingerprint density at radius 3 is 2.48 bits per heavy atom. The lowest BCUT2D eigenvalue weighted by Gasteiger charge is -2.32. The molecule has 2 aromatic rings. The Morgan fingerprint density at radius 1 is 1.14 bits per heavy atom. The van der Waals surface area contributed by atoms with Crippen molar-refractivity contribution in [3.05, 3.63) is 52.3 Å². The van der Waals surface area contributed by atoms with Crippen molar-refractivity contribution in [1.29, 1.82) is 0 Å². The third kappa shape index (κ3) is 5.65. The van der Waals surface area contributed by atoms with Gasteiger partial charge in [0.05, 0.1) is 18.8 Å². The fourth-order valence-electron chi connectivity index (χ4n) is 3.68. The van der Waals surface area contributed by atoms with Crippen molar-refractivity contribution in [2.75, 3.05) is 46.9 Å². The summed E-state index contributed by atoms with van der Waals surface area (Å²) in [5, 5.41) is 7.58. The van der Waals surface area contributed by atoms with E-state index in [-0.39, 0.29) is 5.91 Å². The van der Waals surface area contributed by atoms with E-state index in [1.54, 1.807) is 7.11 Å². The highest BCUT2D eigenvalue weighted by atomic mass is 16.5. The van der Waals surface area contributed by atoms with Gasteiger partial charge in [0.25, 0.3) is 5.91 Å². The minimum Gasteiger partial charge on any atom is -0.383 e. The fraction of sp³-hybridized carbons (Fsp3) is 0.545. The van der Waals surface area contributed by atoms with Gasteiger partial charge in [-0.15, -0.1) is 0 Å². The molecule has 1 aromatic carbocycles. The molecule has 0 spiro atoms. The van der Waals surface area contributed by atoms with Crippen LogP contribution in [0.25, 0.3) is 0 Å². The van der Waals surface area contributed by atoms with Crippen LogP contribution in [0.2, 0.25) is 0 Å². The van der Waals surface area contributed by atoms with E-state index < -0.39 is 0 Å². The van der Waals surface area contributed by atoms with Crippen LogP contribution in [-0.2, 0) is 24.4 Å². The molecule has 0 radical (unpaired) electrons. The van der Waals surface area contributed by atoms with Gasteiger partial charge < -0.3 is 15.0 Å². The Kier molecular flexibility index (Phi) is 7.41. The molecule has 1 aliphatic heterocycles. The molecule has 1 aliphatic rings. The number of piperazine rings is 1. The molecule has 0 aliphatic carbocycles. The van der Waals surface area contributed by atoms with Crippen molar-refractivity contribution < 1.29 is 9.53 Å². The molecule has 0 unspecified atom stereocenters. The number of carbonyl (C=O) groups excluding carboxylic acids is 1. The lowest BCUT2D eigenvalue weighted by Crippen LogP contribution is -2.43. The molecule has 1 amide bonds. The summed E-state index contributed by atoms with van der Waals surface area (Å²) in [6.45, 7) is 11.2. The zero-order chi connectivity index (χ0) is 20.8. The molecule has 7 nitrogen and oxygen atoms in total. The molecule has 1 aromatic heterocycles. The monoisotopic (exact) mass is 399 g/mol. The second kappa shape index (κ2) is 10.0. The first-order valence-electron chi connectivity index (χ1n) is 10.3. The Morgan fingerprint density at radius 2 is 1.83 bits per heavy atom. The van der Waals surface area contributed by atoms with E-state index in [0.717, 1.165) is 49.7 Å². The molecule has 1 saturated heterocycles. The number of hydrogen-bond acceptors (Lipinski definition) is 5. The summed E-state index contributed by atoms with van der Waals surface area (Å²) in [4.78, 5) is 17.4. The summed E-state index contributed by atoms with van der Waals surface area (Å²) in [7, 11) is 3.85. The number of methoxy groups -OCH3 is 1. The van der Waals surface area contributed by atoms with Gasteiger partial charge in [0.15, 0.2) is 0 Å². The molecule has 0 atom stereocenters. The maximum atomic E-state index is 12.6. The van der Waals surface area contributed by atoms with E-state index in [1.165, 1.54) is 5.56 Å². The Balaban J connectivity index is 1.54. The molecule has 29 heavy (non-hydrogen) atoms. The molecule has 0 bridgehead atoms. The lowest BCUT2D eigenvalue weighted by atomic mass is 10.1. The molecule has 0 saturated carbocycles. The number of carbonyl (C=O) groups is 1. The zero-order valence-electron chi connectivity index (χ0n) is 18.1. The average molecular weight is 400 g/mol. The second-order valence-corrected chi connectivity index (χ2v) is 7.82. The number of likely N-dealkylation sites (N-methyl/N-ethyl adjacent to an activating group) is 1. The zero-order valence-corrected chi connectivity index (χ0v) is 18.1. The number of benzene rings is 1. The number of aromatic nitrogens is 2. The van der Waals surface area contributed by atoms with Crippen LogP contribution in [0.1, 0.15) is 32.9 Å². The summed E-state index contributed by atoms with van der Waals surface area (Å²) in [5.74, 6) is -0.0559. The lowest BCUT2D eigenvalue weighted by molar-refractivity contribution is 0.0950. The molecule has 3 rings (SSSR count). The van der Waals surface area contributed by atoms with Gasteiger partial charge in [-0.25, -0.2) is 0 Å².